The van der Waals surface area contributed by atoms with Gasteiger partial charge in [0.15, 0.2) is 0 Å². The van der Waals surface area contributed by atoms with Crippen LogP contribution in [0, 0.1) is 18.7 Å². The minimum Gasteiger partial charge on any atom is -0.347 e. The Labute approximate surface area is 230 Å². The van der Waals surface area contributed by atoms with Crippen LogP contribution in [0.3, 0.4) is 0 Å². The van der Waals surface area contributed by atoms with Crippen molar-refractivity contribution in [2.75, 3.05) is 27.2 Å². The lowest BCUT2D eigenvalue weighted by Gasteiger charge is -2.32. The molecule has 1 aliphatic heterocycles. The molecule has 39 heavy (non-hydrogen) atoms. The largest absolute Gasteiger partial charge is 0.347 e. The molecule has 3 aromatic rings. The van der Waals surface area contributed by atoms with Gasteiger partial charge in [-0.2, -0.15) is 0 Å². The van der Waals surface area contributed by atoms with Crippen molar-refractivity contribution in [3.05, 3.63) is 70.7 Å². The monoisotopic (exact) mass is 533 g/mol. The molecule has 4 rings (SSSR count). The Bertz CT molecular complexity index is 1330. The van der Waals surface area contributed by atoms with Crippen molar-refractivity contribution in [3.63, 3.8) is 0 Å². The number of Topliss-reactive ketones (excluding diaryl/α,β-unsaturated/α-hetero) is 1. The molecule has 1 fully saturated rings. The molecule has 0 unspecified atom stereocenters. The maximum absolute atomic E-state index is 13.7. The highest BCUT2D eigenvalue weighted by molar-refractivity contribution is 6.44. The predicted molar refractivity (Wildman–Crippen MR) is 153 cm³/mol. The van der Waals surface area contributed by atoms with Crippen LogP contribution in [-0.2, 0) is 17.8 Å². The molecule has 208 valence electrons. The lowest BCUT2D eigenvalue weighted by atomic mass is 9.89. The summed E-state index contributed by atoms with van der Waals surface area (Å²) in [5.41, 5.74) is 3.80. The lowest BCUT2D eigenvalue weighted by molar-refractivity contribution is -0.124. The number of unbranched alkanes of at least 4 members (excludes halogenated alkanes) is 3. The molecule has 1 aromatic heterocycles. The first-order valence-corrected chi connectivity index (χ1v) is 14.1. The van der Waals surface area contributed by atoms with Gasteiger partial charge in [-0.1, -0.05) is 38.3 Å². The fourth-order valence-electron chi connectivity index (χ4n) is 5.53. The van der Waals surface area contributed by atoms with E-state index in [-0.39, 0.29) is 11.7 Å². The average Bonchev–Trinajstić information content (AvgIpc) is 3.28. The van der Waals surface area contributed by atoms with E-state index < -0.39 is 11.7 Å². The summed E-state index contributed by atoms with van der Waals surface area (Å²) in [6.07, 6.45) is 8.82. The molecule has 0 spiro atoms. The number of aryl methyl sites for hydroxylation is 2. The highest BCUT2D eigenvalue weighted by Crippen LogP contribution is 2.29. The van der Waals surface area contributed by atoms with E-state index in [1.54, 1.807) is 20.3 Å². The molecular weight excluding hydrogens is 493 g/mol. The Kier molecular flexibility index (Phi) is 9.20. The molecule has 0 atom stereocenters. The van der Waals surface area contributed by atoms with Gasteiger partial charge in [-0.3, -0.25) is 14.4 Å². The van der Waals surface area contributed by atoms with Gasteiger partial charge in [0.1, 0.15) is 5.82 Å². The maximum atomic E-state index is 13.7. The van der Waals surface area contributed by atoms with Crippen LogP contribution in [0.4, 0.5) is 4.39 Å². The Morgan fingerprint density at radius 3 is 2.31 bits per heavy atom. The van der Waals surface area contributed by atoms with E-state index in [9.17, 15) is 18.8 Å². The molecule has 2 heterocycles. The fourth-order valence-corrected chi connectivity index (χ4v) is 5.53. The van der Waals surface area contributed by atoms with Gasteiger partial charge in [0.2, 0.25) is 0 Å². The summed E-state index contributed by atoms with van der Waals surface area (Å²) in [7, 11) is 3.14. The van der Waals surface area contributed by atoms with Crippen LogP contribution in [0.15, 0.2) is 42.6 Å². The zero-order valence-electron chi connectivity index (χ0n) is 23.6. The number of hydrogen-bond acceptors (Lipinski definition) is 3. The molecule has 1 saturated heterocycles. The Hall–Kier alpha value is -3.48. The second-order valence-electron chi connectivity index (χ2n) is 11.1. The standard InChI is InChI=1S/C32H40FN3O3/c1-5-6-7-8-15-36-21-28(30(37)32(39)34(3)4)27-20-26(22(2)18-29(27)36)31(38)35-16-13-24(14-17-35)19-23-9-11-25(33)12-10-23/h9-12,18,20-21,24H,5-8,13-17,19H2,1-4H3. The van der Waals surface area contributed by atoms with Crippen molar-refractivity contribution in [2.45, 2.75) is 65.3 Å². The Morgan fingerprint density at radius 2 is 1.67 bits per heavy atom. The molecular formula is C32H40FN3O3. The number of rotatable bonds is 10. The van der Waals surface area contributed by atoms with Crippen LogP contribution in [0.1, 0.15) is 77.3 Å². The second kappa shape index (κ2) is 12.6. The third-order valence-electron chi connectivity index (χ3n) is 7.89. The van der Waals surface area contributed by atoms with Crippen LogP contribution < -0.4 is 0 Å². The summed E-state index contributed by atoms with van der Waals surface area (Å²) in [5.74, 6) is -0.944. The van der Waals surface area contributed by atoms with Crippen molar-refractivity contribution in [3.8, 4) is 0 Å². The van der Waals surface area contributed by atoms with Crippen LogP contribution in [0.5, 0.6) is 0 Å². The molecule has 2 aromatic carbocycles. The molecule has 0 radical (unpaired) electrons. The maximum Gasteiger partial charge on any atom is 0.294 e. The minimum absolute atomic E-state index is 0.0392. The number of piperidine rings is 1. The highest BCUT2D eigenvalue weighted by Gasteiger charge is 2.28. The summed E-state index contributed by atoms with van der Waals surface area (Å²) < 4.78 is 15.3. The van der Waals surface area contributed by atoms with Crippen molar-refractivity contribution < 1.29 is 18.8 Å². The fraction of sp³-hybridized carbons (Fsp3) is 0.469. The third-order valence-corrected chi connectivity index (χ3v) is 7.89. The number of carbonyl (C=O) groups is 3. The number of likely N-dealkylation sites (N-methyl/N-ethyl adjacent to an activating group) is 1. The summed E-state index contributed by atoms with van der Waals surface area (Å²) in [5, 5.41) is 0.658. The van der Waals surface area contributed by atoms with Crippen molar-refractivity contribution in [1.29, 1.82) is 0 Å². The van der Waals surface area contributed by atoms with E-state index in [4.69, 9.17) is 0 Å². The van der Waals surface area contributed by atoms with E-state index in [0.717, 1.165) is 68.1 Å². The summed E-state index contributed by atoms with van der Waals surface area (Å²) in [6.45, 7) is 6.19. The zero-order chi connectivity index (χ0) is 28.1. The SMILES string of the molecule is CCCCCCn1cc(C(=O)C(=O)N(C)C)c2cc(C(=O)N3CCC(Cc4ccc(F)cc4)CC3)c(C)cc21. The molecule has 0 aliphatic carbocycles. The van der Waals surface area contributed by atoms with E-state index >= 15 is 0 Å². The van der Waals surface area contributed by atoms with Gasteiger partial charge in [0, 0.05) is 56.4 Å². The van der Waals surface area contributed by atoms with Crippen LogP contribution in [-0.4, -0.2) is 59.1 Å². The highest BCUT2D eigenvalue weighted by atomic mass is 19.1. The molecule has 0 N–H and O–H groups in total. The number of fused-ring (bicyclic) bond motifs is 1. The number of ketones is 1. The molecule has 0 bridgehead atoms. The van der Waals surface area contributed by atoms with Gasteiger partial charge in [0.05, 0.1) is 5.56 Å². The molecule has 7 heteroatoms. The van der Waals surface area contributed by atoms with E-state index in [2.05, 4.69) is 11.5 Å². The minimum atomic E-state index is -0.572. The first-order chi connectivity index (χ1) is 18.7. The number of halogens is 1. The van der Waals surface area contributed by atoms with Gasteiger partial charge in [-0.05, 0) is 73.9 Å². The number of nitrogens with zero attached hydrogens (tertiary/aromatic N) is 3. The summed E-state index contributed by atoms with van der Waals surface area (Å²) in [6, 6.07) is 10.5. The smallest absolute Gasteiger partial charge is 0.294 e. The van der Waals surface area contributed by atoms with E-state index in [0.29, 0.717) is 35.5 Å². The van der Waals surface area contributed by atoms with Gasteiger partial charge in [0.25, 0.3) is 17.6 Å². The predicted octanol–water partition coefficient (Wildman–Crippen LogP) is 6.03. The van der Waals surface area contributed by atoms with Gasteiger partial charge >= 0.3 is 0 Å². The number of likely N-dealkylation sites (tertiary alicyclic amines) is 1. The number of carbonyl (C=O) groups excluding carboxylic acids is 3. The number of aromatic nitrogens is 1. The lowest BCUT2D eigenvalue weighted by Crippen LogP contribution is -2.39. The van der Waals surface area contributed by atoms with E-state index in [1.807, 2.05) is 36.1 Å². The van der Waals surface area contributed by atoms with Gasteiger partial charge in [-0.25, -0.2) is 4.39 Å². The summed E-state index contributed by atoms with van der Waals surface area (Å²) in [4.78, 5) is 42.6. The normalized spacial score (nSPS) is 14.1. The molecule has 2 amide bonds. The number of benzene rings is 2. The van der Waals surface area contributed by atoms with E-state index in [1.165, 1.54) is 17.0 Å². The van der Waals surface area contributed by atoms with Gasteiger partial charge in [-0.15, -0.1) is 0 Å². The van der Waals surface area contributed by atoms with Gasteiger partial charge < -0.3 is 14.4 Å². The quantitative estimate of drug-likeness (QED) is 0.181. The molecule has 0 saturated carbocycles. The molecule has 6 nitrogen and oxygen atoms in total. The first-order valence-electron chi connectivity index (χ1n) is 14.1. The van der Waals surface area contributed by atoms with Crippen LogP contribution in [0.25, 0.3) is 10.9 Å². The molecule has 1 aliphatic rings. The Morgan fingerprint density at radius 1 is 0.974 bits per heavy atom. The first kappa shape index (κ1) is 28.5. The van der Waals surface area contributed by atoms with Crippen LogP contribution >= 0.6 is 0 Å². The third kappa shape index (κ3) is 6.57. The van der Waals surface area contributed by atoms with Crippen LogP contribution in [0.2, 0.25) is 0 Å². The zero-order valence-corrected chi connectivity index (χ0v) is 23.6. The van der Waals surface area contributed by atoms with Crippen molar-refractivity contribution >= 4 is 28.5 Å². The average molecular weight is 534 g/mol. The summed E-state index contributed by atoms with van der Waals surface area (Å²) >= 11 is 0. The second-order valence-corrected chi connectivity index (χ2v) is 11.1. The number of amides is 2. The Balaban J connectivity index is 1.56. The topological polar surface area (TPSA) is 62.6 Å². The van der Waals surface area contributed by atoms with Crippen molar-refractivity contribution in [2.24, 2.45) is 5.92 Å². The van der Waals surface area contributed by atoms with Crippen molar-refractivity contribution in [1.82, 2.24) is 14.4 Å². The number of hydrogen-bond donors (Lipinski definition) is 0.